The molecule has 0 fully saturated rings. The maximum absolute atomic E-state index is 9.75. The van der Waals surface area contributed by atoms with Crippen molar-refractivity contribution < 1.29 is 17.3 Å². The molecule has 0 aromatic carbocycles. The third-order valence-corrected chi connectivity index (χ3v) is 0. The molecule has 0 aliphatic rings. The van der Waals surface area contributed by atoms with E-state index in [2.05, 4.69) is 0 Å². The summed E-state index contributed by atoms with van der Waals surface area (Å²) >= 11 is 0. The molecule has 0 rings (SSSR count). The van der Waals surface area contributed by atoms with E-state index in [4.69, 9.17) is 0 Å². The van der Waals surface area contributed by atoms with Crippen molar-refractivity contribution in [2.75, 3.05) is 0 Å². The van der Waals surface area contributed by atoms with Crippen molar-refractivity contribution in [1.29, 1.82) is 0 Å². The fraction of sp³-hybridized carbons (Fsp3) is 0. The summed E-state index contributed by atoms with van der Waals surface area (Å²) in [7, 11) is -6.00. The van der Waals surface area contributed by atoms with E-state index in [1.807, 2.05) is 0 Å². The molecule has 0 atom stereocenters. The Hall–Kier alpha value is 0.421. The summed E-state index contributed by atoms with van der Waals surface area (Å²) in [5.74, 6) is 0. The van der Waals surface area contributed by atoms with Gasteiger partial charge in [-0.15, -0.1) is 0 Å². The zero-order chi connectivity index (χ0) is 4.50. The van der Waals surface area contributed by atoms with Crippen LogP contribution < -0.4 is 0 Å². The van der Waals surface area contributed by atoms with Crippen LogP contribution in [-0.4, -0.2) is 27.0 Å². The summed E-state index contributed by atoms with van der Waals surface area (Å²) in [6, 6.07) is 0. The molecule has 0 saturated carbocycles. The van der Waals surface area contributed by atoms with Crippen LogP contribution in [0.1, 0.15) is 0 Å². The fourth-order valence-electron chi connectivity index (χ4n) is 0. The van der Waals surface area contributed by atoms with Crippen LogP contribution in [0, 0.1) is 0 Å². The Labute approximate surface area is 45.1 Å². The normalized spacial score (nSPS) is 10.0. The predicted octanol–water partition coefficient (Wildman–Crippen LogP) is 0.116. The van der Waals surface area contributed by atoms with E-state index in [-0.39, 0.29) is 19.8 Å². The zero-order valence-electron chi connectivity index (χ0n) is 2.09. The predicted molar refractivity (Wildman–Crippen MR) is 20.1 cm³/mol. The van der Waals surface area contributed by atoms with Crippen LogP contribution in [0.15, 0.2) is 0 Å². The van der Waals surface area contributed by atoms with Crippen LogP contribution in [-0.2, 0) is 0 Å². The number of halogens is 4. The van der Waals surface area contributed by atoms with Crippen molar-refractivity contribution in [3.8, 4) is 0 Å². The molecule has 0 saturated heterocycles. The average Bonchev–Trinajstić information content (AvgIpc) is 0.722. The van der Waals surface area contributed by atoms with Crippen LogP contribution in [0.4, 0.5) is 17.3 Å². The van der Waals surface area contributed by atoms with Gasteiger partial charge in [0.2, 0.25) is 0 Å². The Morgan fingerprint density at radius 2 is 0.833 bits per heavy atom. The van der Waals surface area contributed by atoms with E-state index >= 15 is 0 Å². The summed E-state index contributed by atoms with van der Waals surface area (Å²) in [5.41, 5.74) is 0. The molecule has 0 aliphatic carbocycles. The van der Waals surface area contributed by atoms with E-state index in [1.54, 1.807) is 0 Å². The quantitative estimate of drug-likeness (QED) is 0.348. The molecule has 0 nitrogen and oxygen atoms in total. The molecule has 0 aliphatic heterocycles. The van der Waals surface area contributed by atoms with Gasteiger partial charge >= 0.3 is 27.0 Å². The first kappa shape index (κ1) is 9.65. The van der Waals surface area contributed by atoms with Gasteiger partial charge in [-0.3, -0.25) is 0 Å². The van der Waals surface area contributed by atoms with Gasteiger partial charge in [-0.05, 0) is 0 Å². The SMILES string of the molecule is F[B-](F)(F)F.[GaH3]. The minimum absolute atomic E-state index is 0. The maximum atomic E-state index is 9.75. The second-order valence-corrected chi connectivity index (χ2v) is 0.495. The molecular formula is H3BF4Ga-. The van der Waals surface area contributed by atoms with Crippen molar-refractivity contribution in [2.45, 2.75) is 0 Å². The van der Waals surface area contributed by atoms with E-state index in [0.717, 1.165) is 0 Å². The topological polar surface area (TPSA) is 0 Å². The van der Waals surface area contributed by atoms with Crippen molar-refractivity contribution in [2.24, 2.45) is 0 Å². The summed E-state index contributed by atoms with van der Waals surface area (Å²) in [6.45, 7) is 0. The Morgan fingerprint density at radius 1 is 0.833 bits per heavy atom. The molecule has 0 N–H and O–H groups in total. The second kappa shape index (κ2) is 2.57. The average molecular weight is 160 g/mol. The molecule has 0 spiro atoms. The van der Waals surface area contributed by atoms with Crippen LogP contribution in [0.2, 0.25) is 0 Å². The first-order valence-corrected chi connectivity index (χ1v) is 0.873. The monoisotopic (exact) mass is 159 g/mol. The van der Waals surface area contributed by atoms with Crippen LogP contribution in [0.3, 0.4) is 0 Å². The molecule has 0 bridgehead atoms. The third-order valence-electron chi connectivity index (χ3n) is 0. The zero-order valence-corrected chi connectivity index (χ0v) is 2.09. The molecular weight excluding hydrogens is 157 g/mol. The Morgan fingerprint density at radius 3 is 0.833 bits per heavy atom. The van der Waals surface area contributed by atoms with Gasteiger partial charge in [0.25, 0.3) is 0 Å². The van der Waals surface area contributed by atoms with Gasteiger partial charge in [0.1, 0.15) is 0 Å². The third kappa shape index (κ3) is 292. The standard InChI is InChI=1S/BF4.Ga.3H/c2-1(3,4)5;;;;/q-1;;;;. The van der Waals surface area contributed by atoms with Crippen molar-refractivity contribution in [3.05, 3.63) is 0 Å². The molecule has 0 radical (unpaired) electrons. The molecule has 6 heteroatoms. The summed E-state index contributed by atoms with van der Waals surface area (Å²) in [5, 5.41) is 0. The second-order valence-electron chi connectivity index (χ2n) is 0.495. The Bertz CT molecular complexity index is 23.0. The molecule has 0 heterocycles. The van der Waals surface area contributed by atoms with Crippen molar-refractivity contribution >= 4 is 27.0 Å². The number of rotatable bonds is 0. The van der Waals surface area contributed by atoms with Gasteiger partial charge in [0.15, 0.2) is 0 Å². The first-order chi connectivity index (χ1) is 2.00. The summed E-state index contributed by atoms with van der Waals surface area (Å²) in [4.78, 5) is 0. The Balaban J connectivity index is 0. The van der Waals surface area contributed by atoms with Gasteiger partial charge in [-0.25, -0.2) is 0 Å². The van der Waals surface area contributed by atoms with Crippen LogP contribution >= 0.6 is 0 Å². The van der Waals surface area contributed by atoms with Gasteiger partial charge < -0.3 is 17.3 Å². The number of hydrogen-bond acceptors (Lipinski definition) is 0. The molecule has 0 amide bonds. The van der Waals surface area contributed by atoms with Gasteiger partial charge in [-0.1, -0.05) is 0 Å². The first-order valence-electron chi connectivity index (χ1n) is 0.873. The van der Waals surface area contributed by atoms with Crippen LogP contribution in [0.25, 0.3) is 0 Å². The van der Waals surface area contributed by atoms with Gasteiger partial charge in [-0.2, -0.15) is 0 Å². The van der Waals surface area contributed by atoms with E-state index in [1.165, 1.54) is 0 Å². The fourth-order valence-corrected chi connectivity index (χ4v) is 0. The van der Waals surface area contributed by atoms with E-state index in [0.29, 0.717) is 0 Å². The van der Waals surface area contributed by atoms with Crippen molar-refractivity contribution in [1.82, 2.24) is 0 Å². The van der Waals surface area contributed by atoms with Gasteiger partial charge in [0.05, 0.1) is 0 Å². The number of hydrogen-bond donors (Lipinski definition) is 0. The Kier molecular flexibility index (Phi) is 4.14. The van der Waals surface area contributed by atoms with E-state index in [9.17, 15) is 17.3 Å². The minimum atomic E-state index is -6.00. The summed E-state index contributed by atoms with van der Waals surface area (Å²) in [6.07, 6.45) is 0. The van der Waals surface area contributed by atoms with Crippen LogP contribution in [0.5, 0.6) is 0 Å². The van der Waals surface area contributed by atoms with Gasteiger partial charge in [0, 0.05) is 0 Å². The molecule has 0 aromatic rings. The summed E-state index contributed by atoms with van der Waals surface area (Å²) < 4.78 is 39.0. The van der Waals surface area contributed by atoms with Crippen molar-refractivity contribution in [3.63, 3.8) is 0 Å². The molecule has 6 heavy (non-hydrogen) atoms. The van der Waals surface area contributed by atoms with E-state index < -0.39 is 7.25 Å². The molecule has 38 valence electrons. The molecule has 0 aromatic heterocycles. The molecule has 0 unspecified atom stereocenters.